The molecule has 6 heteroatoms. The van der Waals surface area contributed by atoms with Gasteiger partial charge >= 0.3 is 0 Å². The van der Waals surface area contributed by atoms with Gasteiger partial charge in [0.25, 0.3) is 0 Å². The van der Waals surface area contributed by atoms with E-state index in [0.717, 1.165) is 10.6 Å². The summed E-state index contributed by atoms with van der Waals surface area (Å²) in [4.78, 5) is 20.0. The average molecular weight is 288 g/mol. The van der Waals surface area contributed by atoms with Crippen molar-refractivity contribution < 1.29 is 4.79 Å². The number of rotatable bonds is 6. The van der Waals surface area contributed by atoms with Crippen molar-refractivity contribution in [2.75, 3.05) is 12.8 Å². The SMILES string of the molecule is CNC(CSc1ccncn1)(C(N)=O)c1ccccc1. The topological polar surface area (TPSA) is 80.9 Å². The third-order valence-electron chi connectivity index (χ3n) is 3.11. The number of benzene rings is 1. The third-order valence-corrected chi connectivity index (χ3v) is 4.22. The highest BCUT2D eigenvalue weighted by Gasteiger charge is 2.37. The Morgan fingerprint density at radius 3 is 2.65 bits per heavy atom. The first-order chi connectivity index (χ1) is 9.69. The second-order valence-electron chi connectivity index (χ2n) is 4.22. The Kier molecular flexibility index (Phi) is 4.70. The van der Waals surface area contributed by atoms with Gasteiger partial charge in [-0.05, 0) is 18.7 Å². The molecule has 104 valence electrons. The van der Waals surface area contributed by atoms with E-state index in [2.05, 4.69) is 15.3 Å². The fraction of sp³-hybridized carbons (Fsp3) is 0.214. The van der Waals surface area contributed by atoms with Crippen LogP contribution in [-0.4, -0.2) is 28.7 Å². The van der Waals surface area contributed by atoms with E-state index >= 15 is 0 Å². The number of thioether (sulfide) groups is 1. The van der Waals surface area contributed by atoms with Crippen molar-refractivity contribution in [3.05, 3.63) is 54.5 Å². The molecule has 5 nitrogen and oxygen atoms in total. The van der Waals surface area contributed by atoms with E-state index in [9.17, 15) is 4.79 Å². The summed E-state index contributed by atoms with van der Waals surface area (Å²) in [7, 11) is 1.73. The summed E-state index contributed by atoms with van der Waals surface area (Å²) >= 11 is 1.46. The molecule has 1 aromatic carbocycles. The monoisotopic (exact) mass is 288 g/mol. The van der Waals surface area contributed by atoms with Crippen molar-refractivity contribution in [1.82, 2.24) is 15.3 Å². The largest absolute Gasteiger partial charge is 0.368 e. The van der Waals surface area contributed by atoms with Crippen LogP contribution in [0.25, 0.3) is 0 Å². The van der Waals surface area contributed by atoms with Crippen LogP contribution >= 0.6 is 11.8 Å². The number of hydrogen-bond donors (Lipinski definition) is 2. The van der Waals surface area contributed by atoms with E-state index in [1.165, 1.54) is 18.1 Å². The summed E-state index contributed by atoms with van der Waals surface area (Å²) in [5.41, 5.74) is 5.56. The summed E-state index contributed by atoms with van der Waals surface area (Å²) < 4.78 is 0. The molecule has 0 aliphatic rings. The van der Waals surface area contributed by atoms with Crippen LogP contribution in [0.5, 0.6) is 0 Å². The van der Waals surface area contributed by atoms with Crippen LogP contribution in [0, 0.1) is 0 Å². The summed E-state index contributed by atoms with van der Waals surface area (Å²) in [5.74, 6) is 0.0487. The number of primary amides is 1. The molecular formula is C14H16N4OS. The maximum absolute atomic E-state index is 12.0. The molecule has 0 saturated carbocycles. The van der Waals surface area contributed by atoms with Gasteiger partial charge in [0.15, 0.2) is 0 Å². The minimum atomic E-state index is -0.920. The fourth-order valence-corrected chi connectivity index (χ4v) is 3.00. The summed E-state index contributed by atoms with van der Waals surface area (Å²) in [6.45, 7) is 0. The first-order valence-corrected chi connectivity index (χ1v) is 7.11. The molecule has 1 aromatic heterocycles. The van der Waals surface area contributed by atoms with Gasteiger partial charge < -0.3 is 11.1 Å². The highest BCUT2D eigenvalue weighted by Crippen LogP contribution is 2.28. The summed E-state index contributed by atoms with van der Waals surface area (Å²) in [5, 5.41) is 3.87. The molecule has 20 heavy (non-hydrogen) atoms. The first kappa shape index (κ1) is 14.5. The first-order valence-electron chi connectivity index (χ1n) is 6.12. The molecule has 0 radical (unpaired) electrons. The molecule has 2 rings (SSSR count). The lowest BCUT2D eigenvalue weighted by Gasteiger charge is -2.30. The second-order valence-corrected chi connectivity index (χ2v) is 5.22. The van der Waals surface area contributed by atoms with Gasteiger partial charge in [-0.2, -0.15) is 0 Å². The minimum Gasteiger partial charge on any atom is -0.368 e. The number of aromatic nitrogens is 2. The lowest BCUT2D eigenvalue weighted by atomic mass is 9.91. The highest BCUT2D eigenvalue weighted by atomic mass is 32.2. The van der Waals surface area contributed by atoms with Crippen molar-refractivity contribution >= 4 is 17.7 Å². The van der Waals surface area contributed by atoms with E-state index in [4.69, 9.17) is 5.73 Å². The van der Waals surface area contributed by atoms with Gasteiger partial charge in [0, 0.05) is 11.9 Å². The zero-order chi connectivity index (χ0) is 14.4. The Morgan fingerprint density at radius 2 is 2.10 bits per heavy atom. The Morgan fingerprint density at radius 1 is 1.35 bits per heavy atom. The maximum Gasteiger partial charge on any atom is 0.243 e. The number of carbonyl (C=O) groups is 1. The minimum absolute atomic E-state index is 0.409. The van der Waals surface area contributed by atoms with E-state index in [1.54, 1.807) is 19.3 Å². The van der Waals surface area contributed by atoms with Gasteiger partial charge in [0.2, 0.25) is 5.91 Å². The van der Waals surface area contributed by atoms with Crippen molar-refractivity contribution in [3.8, 4) is 0 Å². The molecule has 0 fully saturated rings. The highest BCUT2D eigenvalue weighted by molar-refractivity contribution is 7.99. The van der Waals surface area contributed by atoms with E-state index in [1.807, 2.05) is 30.3 Å². The maximum atomic E-state index is 12.0. The van der Waals surface area contributed by atoms with Crippen LogP contribution < -0.4 is 11.1 Å². The van der Waals surface area contributed by atoms with E-state index in [-0.39, 0.29) is 0 Å². The second kappa shape index (κ2) is 6.49. The molecule has 0 spiro atoms. The molecular weight excluding hydrogens is 272 g/mol. The van der Waals surface area contributed by atoms with Gasteiger partial charge in [0.05, 0.1) is 5.03 Å². The molecule has 0 saturated heterocycles. The average Bonchev–Trinajstić information content (AvgIpc) is 2.50. The van der Waals surface area contributed by atoms with E-state index in [0.29, 0.717) is 5.75 Å². The predicted molar refractivity (Wildman–Crippen MR) is 79.1 cm³/mol. The van der Waals surface area contributed by atoms with Gasteiger partial charge in [-0.3, -0.25) is 4.79 Å². The van der Waals surface area contributed by atoms with E-state index < -0.39 is 11.4 Å². The molecule has 0 aliphatic carbocycles. The van der Waals surface area contributed by atoms with Crippen molar-refractivity contribution in [3.63, 3.8) is 0 Å². The third kappa shape index (κ3) is 2.97. The van der Waals surface area contributed by atoms with Gasteiger partial charge in [0.1, 0.15) is 11.9 Å². The fourth-order valence-electron chi connectivity index (χ4n) is 1.91. The van der Waals surface area contributed by atoms with Crippen LogP contribution in [0.3, 0.4) is 0 Å². The quantitative estimate of drug-likeness (QED) is 0.616. The van der Waals surface area contributed by atoms with Crippen molar-refractivity contribution in [2.24, 2.45) is 5.73 Å². The predicted octanol–water partition coefficient (Wildman–Crippen LogP) is 1.17. The van der Waals surface area contributed by atoms with Crippen LogP contribution in [0.4, 0.5) is 0 Å². The molecule has 0 bridgehead atoms. The zero-order valence-corrected chi connectivity index (χ0v) is 11.9. The van der Waals surface area contributed by atoms with Gasteiger partial charge in [-0.1, -0.05) is 30.3 Å². The number of carbonyl (C=O) groups excluding carboxylic acids is 1. The standard InChI is InChI=1S/C14H16N4OS/c1-16-14(13(15)19,11-5-3-2-4-6-11)9-20-12-7-8-17-10-18-12/h2-8,10,16H,9H2,1H3,(H2,15,19). The number of amides is 1. The summed E-state index contributed by atoms with van der Waals surface area (Å²) in [6, 6.07) is 11.3. The molecule has 2 aromatic rings. The van der Waals surface area contributed by atoms with Crippen LogP contribution in [-0.2, 0) is 10.3 Å². The molecule has 1 amide bonds. The zero-order valence-electron chi connectivity index (χ0n) is 11.1. The summed E-state index contributed by atoms with van der Waals surface area (Å²) in [6.07, 6.45) is 3.15. The van der Waals surface area contributed by atoms with Gasteiger partial charge in [-0.25, -0.2) is 9.97 Å². The molecule has 0 aliphatic heterocycles. The normalized spacial score (nSPS) is 13.7. The van der Waals surface area contributed by atoms with Crippen molar-refractivity contribution in [2.45, 2.75) is 10.6 Å². The lowest BCUT2D eigenvalue weighted by molar-refractivity contribution is -0.123. The Labute approximate surface area is 122 Å². The number of likely N-dealkylation sites (N-methyl/N-ethyl adjacent to an activating group) is 1. The molecule has 3 N–H and O–H groups in total. The van der Waals surface area contributed by atoms with Gasteiger partial charge in [-0.15, -0.1) is 11.8 Å². The van der Waals surface area contributed by atoms with Crippen LogP contribution in [0.15, 0.2) is 53.9 Å². The molecule has 1 heterocycles. The Balaban J connectivity index is 2.26. The lowest BCUT2D eigenvalue weighted by Crippen LogP contribution is -2.53. The van der Waals surface area contributed by atoms with Crippen LogP contribution in [0.2, 0.25) is 0 Å². The number of nitrogens with one attached hydrogen (secondary N) is 1. The number of nitrogens with two attached hydrogens (primary N) is 1. The van der Waals surface area contributed by atoms with Crippen LogP contribution in [0.1, 0.15) is 5.56 Å². The number of nitrogens with zero attached hydrogens (tertiary/aromatic N) is 2. The smallest absolute Gasteiger partial charge is 0.243 e. The number of hydrogen-bond acceptors (Lipinski definition) is 5. The Hall–Kier alpha value is -1.92. The Bertz CT molecular complexity index is 564. The van der Waals surface area contributed by atoms with Crippen molar-refractivity contribution in [1.29, 1.82) is 0 Å². The molecule has 1 atom stereocenters. The molecule has 1 unspecified atom stereocenters.